The van der Waals surface area contributed by atoms with E-state index in [1.54, 1.807) is 18.2 Å². The third-order valence-corrected chi connectivity index (χ3v) is 4.76. The zero-order valence-corrected chi connectivity index (χ0v) is 14.9. The van der Waals surface area contributed by atoms with Crippen LogP contribution >= 0.6 is 31.9 Å². The van der Waals surface area contributed by atoms with E-state index in [1.165, 1.54) is 6.21 Å². The van der Waals surface area contributed by atoms with Gasteiger partial charge in [0.25, 0.3) is 5.91 Å². The summed E-state index contributed by atoms with van der Waals surface area (Å²) in [4.78, 5) is 12.0. The number of hydrazone groups is 1. The lowest BCUT2D eigenvalue weighted by molar-refractivity contribution is 0.0955. The Morgan fingerprint density at radius 3 is 2.48 bits per heavy atom. The lowest BCUT2D eigenvalue weighted by Crippen LogP contribution is -2.17. The van der Waals surface area contributed by atoms with Crippen LogP contribution in [0.25, 0.3) is 5.69 Å². The lowest BCUT2D eigenvalue weighted by Gasteiger charge is -2.04. The number of furan rings is 1. The van der Waals surface area contributed by atoms with E-state index in [4.69, 9.17) is 4.42 Å². The number of nitrogens with zero attached hydrogens (tertiary/aromatic N) is 2. The predicted octanol–water partition coefficient (Wildman–Crippen LogP) is 4.36. The Morgan fingerprint density at radius 1 is 1.17 bits per heavy atom. The summed E-state index contributed by atoms with van der Waals surface area (Å²) in [5.41, 5.74) is 3.98. The lowest BCUT2D eigenvalue weighted by atomic mass is 10.2. The van der Waals surface area contributed by atoms with Crippen LogP contribution in [0.15, 0.2) is 73.5 Å². The van der Waals surface area contributed by atoms with E-state index in [0.717, 1.165) is 10.2 Å². The molecule has 0 spiro atoms. The van der Waals surface area contributed by atoms with E-state index in [0.29, 0.717) is 16.0 Å². The summed E-state index contributed by atoms with van der Waals surface area (Å²) in [6, 6.07) is 12.9. The summed E-state index contributed by atoms with van der Waals surface area (Å²) < 4.78 is 8.65. The topological polar surface area (TPSA) is 59.5 Å². The molecule has 3 rings (SSSR count). The SMILES string of the molecule is O=C(N/N=C/c1cc(Br)c(Br)o1)c1ccc(-n2cccc2)cc1. The highest BCUT2D eigenvalue weighted by Gasteiger charge is 2.06. The van der Waals surface area contributed by atoms with Crippen molar-refractivity contribution in [3.63, 3.8) is 0 Å². The molecule has 7 heteroatoms. The van der Waals surface area contributed by atoms with Crippen LogP contribution < -0.4 is 5.43 Å². The van der Waals surface area contributed by atoms with Crippen LogP contribution in [0.2, 0.25) is 0 Å². The van der Waals surface area contributed by atoms with E-state index in [9.17, 15) is 4.79 Å². The molecule has 116 valence electrons. The molecule has 0 fully saturated rings. The van der Waals surface area contributed by atoms with Gasteiger partial charge < -0.3 is 8.98 Å². The van der Waals surface area contributed by atoms with E-state index in [1.807, 2.05) is 41.2 Å². The average molecular weight is 437 g/mol. The zero-order valence-electron chi connectivity index (χ0n) is 11.7. The van der Waals surface area contributed by atoms with Gasteiger partial charge in [0.2, 0.25) is 0 Å². The number of halogens is 2. The molecule has 23 heavy (non-hydrogen) atoms. The summed E-state index contributed by atoms with van der Waals surface area (Å²) in [5, 5.41) is 3.88. The van der Waals surface area contributed by atoms with Gasteiger partial charge in [-0.25, -0.2) is 5.43 Å². The quantitative estimate of drug-likeness (QED) is 0.488. The van der Waals surface area contributed by atoms with Crippen LogP contribution in [0.1, 0.15) is 16.1 Å². The number of hydrogen-bond acceptors (Lipinski definition) is 3. The number of carbonyl (C=O) groups excluding carboxylic acids is 1. The fourth-order valence-electron chi connectivity index (χ4n) is 1.94. The molecule has 0 bridgehead atoms. The van der Waals surface area contributed by atoms with E-state index in [2.05, 4.69) is 42.4 Å². The molecular formula is C16H11Br2N3O2. The average Bonchev–Trinajstić information content (AvgIpc) is 3.18. The minimum Gasteiger partial charge on any atom is -0.447 e. The number of hydrogen-bond donors (Lipinski definition) is 1. The van der Waals surface area contributed by atoms with Crippen molar-refractivity contribution in [1.82, 2.24) is 9.99 Å². The van der Waals surface area contributed by atoms with Gasteiger partial charge in [0, 0.05) is 29.7 Å². The number of rotatable bonds is 4. The first-order chi connectivity index (χ1) is 11.1. The van der Waals surface area contributed by atoms with Crippen LogP contribution in [-0.2, 0) is 0 Å². The Bertz CT molecular complexity index is 817. The van der Waals surface area contributed by atoms with E-state index < -0.39 is 0 Å². The molecule has 0 atom stereocenters. The van der Waals surface area contributed by atoms with Gasteiger partial charge in [-0.1, -0.05) is 0 Å². The minimum atomic E-state index is -0.287. The van der Waals surface area contributed by atoms with Gasteiger partial charge in [0.15, 0.2) is 4.67 Å². The van der Waals surface area contributed by atoms with Crippen molar-refractivity contribution in [2.75, 3.05) is 0 Å². The van der Waals surface area contributed by atoms with Gasteiger partial charge in [-0.2, -0.15) is 5.10 Å². The second-order valence-corrected chi connectivity index (χ2v) is 6.18. The van der Waals surface area contributed by atoms with Crippen LogP contribution in [0.4, 0.5) is 0 Å². The third-order valence-electron chi connectivity index (χ3n) is 3.05. The maximum absolute atomic E-state index is 12.0. The minimum absolute atomic E-state index is 0.287. The Labute approximate surface area is 149 Å². The highest BCUT2D eigenvalue weighted by Crippen LogP contribution is 2.25. The summed E-state index contributed by atoms with van der Waals surface area (Å²) in [5.74, 6) is 0.233. The summed E-state index contributed by atoms with van der Waals surface area (Å²) in [6.45, 7) is 0. The van der Waals surface area contributed by atoms with Crippen molar-refractivity contribution in [2.24, 2.45) is 5.10 Å². The molecule has 0 radical (unpaired) electrons. The van der Waals surface area contributed by atoms with Crippen molar-refractivity contribution in [3.05, 3.63) is 75.3 Å². The van der Waals surface area contributed by atoms with Gasteiger partial charge in [-0.15, -0.1) is 0 Å². The Morgan fingerprint density at radius 2 is 1.87 bits per heavy atom. The third kappa shape index (κ3) is 3.80. The fraction of sp³-hybridized carbons (Fsp3) is 0. The van der Waals surface area contributed by atoms with Crippen LogP contribution in [0.3, 0.4) is 0 Å². The molecule has 1 N–H and O–H groups in total. The predicted molar refractivity (Wildman–Crippen MR) is 94.9 cm³/mol. The first kappa shape index (κ1) is 15.8. The molecule has 0 saturated heterocycles. The second-order valence-electron chi connectivity index (χ2n) is 4.61. The largest absolute Gasteiger partial charge is 0.447 e. The van der Waals surface area contributed by atoms with Gasteiger partial charge in [-0.3, -0.25) is 4.79 Å². The monoisotopic (exact) mass is 435 g/mol. The fourth-order valence-corrected chi connectivity index (χ4v) is 2.55. The van der Waals surface area contributed by atoms with Gasteiger partial charge in [0.05, 0.1) is 10.7 Å². The first-order valence-corrected chi connectivity index (χ1v) is 8.24. The first-order valence-electron chi connectivity index (χ1n) is 6.65. The smallest absolute Gasteiger partial charge is 0.271 e. The number of carbonyl (C=O) groups is 1. The number of nitrogens with one attached hydrogen (secondary N) is 1. The number of aromatic nitrogens is 1. The summed E-state index contributed by atoms with van der Waals surface area (Å²) in [6.07, 6.45) is 5.32. The molecule has 1 aromatic carbocycles. The number of amides is 1. The molecule has 0 saturated carbocycles. The summed E-state index contributed by atoms with van der Waals surface area (Å²) in [7, 11) is 0. The molecule has 2 aromatic heterocycles. The van der Waals surface area contributed by atoms with Crippen LogP contribution in [0, 0.1) is 0 Å². The van der Waals surface area contributed by atoms with Crippen LogP contribution in [-0.4, -0.2) is 16.7 Å². The molecule has 0 unspecified atom stereocenters. The maximum atomic E-state index is 12.0. The maximum Gasteiger partial charge on any atom is 0.271 e. The van der Waals surface area contributed by atoms with Crippen LogP contribution in [0.5, 0.6) is 0 Å². The van der Waals surface area contributed by atoms with Crippen molar-refractivity contribution >= 4 is 44.0 Å². The molecule has 0 aliphatic carbocycles. The summed E-state index contributed by atoms with van der Waals surface area (Å²) >= 11 is 6.54. The molecule has 5 nitrogen and oxygen atoms in total. The van der Waals surface area contributed by atoms with Crippen molar-refractivity contribution in [1.29, 1.82) is 0 Å². The number of benzene rings is 1. The van der Waals surface area contributed by atoms with Gasteiger partial charge in [0.1, 0.15) is 5.76 Å². The molecule has 1 amide bonds. The van der Waals surface area contributed by atoms with Crippen molar-refractivity contribution in [3.8, 4) is 5.69 Å². The van der Waals surface area contributed by atoms with Gasteiger partial charge >= 0.3 is 0 Å². The molecule has 0 aliphatic heterocycles. The Balaban J connectivity index is 1.64. The molecule has 3 aromatic rings. The highest BCUT2D eigenvalue weighted by atomic mass is 79.9. The second kappa shape index (κ2) is 6.97. The molecular weight excluding hydrogens is 426 g/mol. The zero-order chi connectivity index (χ0) is 16.2. The standard InChI is InChI=1S/C16H11Br2N3O2/c17-14-9-13(23-15(14)18)10-19-20-16(22)11-3-5-12(6-4-11)21-7-1-2-8-21/h1-10H,(H,20,22)/b19-10+. The van der Waals surface area contributed by atoms with Gasteiger partial charge in [-0.05, 0) is 68.3 Å². The molecule has 0 aliphatic rings. The highest BCUT2D eigenvalue weighted by molar-refractivity contribution is 9.13. The van der Waals surface area contributed by atoms with E-state index in [-0.39, 0.29) is 5.91 Å². The Hall–Kier alpha value is -2.12. The normalized spacial score (nSPS) is 11.0. The Kier molecular flexibility index (Phi) is 4.78. The molecule has 2 heterocycles. The van der Waals surface area contributed by atoms with Crippen molar-refractivity contribution in [2.45, 2.75) is 0 Å². The van der Waals surface area contributed by atoms with Crippen molar-refractivity contribution < 1.29 is 9.21 Å². The van der Waals surface area contributed by atoms with E-state index >= 15 is 0 Å².